The molecular weight excluding hydrogens is 274 g/mol. The molecule has 1 heterocycles. The van der Waals surface area contributed by atoms with Crippen molar-refractivity contribution in [3.8, 4) is 0 Å². The Morgan fingerprint density at radius 1 is 1.25 bits per heavy atom. The number of carbonyl (C=O) groups excluding carboxylic acids is 1. The zero-order valence-corrected chi connectivity index (χ0v) is 11.7. The van der Waals surface area contributed by atoms with Gasteiger partial charge in [-0.3, -0.25) is 4.79 Å². The number of amides is 1. The SMILES string of the molecule is CC1C(=O)Nc2ccc(C(O)c3ccccc3Cl)cc21. The van der Waals surface area contributed by atoms with E-state index in [1.807, 2.05) is 37.3 Å². The second-order valence-electron chi connectivity index (χ2n) is 4.98. The first kappa shape index (κ1) is 13.2. The van der Waals surface area contributed by atoms with Crippen LogP contribution in [0.2, 0.25) is 5.02 Å². The van der Waals surface area contributed by atoms with Gasteiger partial charge in [0.05, 0.1) is 5.92 Å². The lowest BCUT2D eigenvalue weighted by Gasteiger charge is -2.14. The van der Waals surface area contributed by atoms with Crippen LogP contribution in [0.3, 0.4) is 0 Å². The maximum Gasteiger partial charge on any atom is 0.231 e. The number of benzene rings is 2. The Balaban J connectivity index is 2.00. The molecule has 2 aromatic carbocycles. The van der Waals surface area contributed by atoms with Gasteiger partial charge < -0.3 is 10.4 Å². The Kier molecular flexibility index (Phi) is 3.24. The standard InChI is InChI=1S/C16H14ClNO2/c1-9-12-8-10(6-7-14(12)18-16(9)20)15(19)11-4-2-3-5-13(11)17/h2-9,15,19H,1H3,(H,18,20). The van der Waals surface area contributed by atoms with E-state index < -0.39 is 6.10 Å². The lowest BCUT2D eigenvalue weighted by atomic mass is 9.95. The normalized spacial score (nSPS) is 18.6. The predicted molar refractivity (Wildman–Crippen MR) is 79.0 cm³/mol. The molecule has 0 bridgehead atoms. The fourth-order valence-corrected chi connectivity index (χ4v) is 2.72. The van der Waals surface area contributed by atoms with E-state index in [-0.39, 0.29) is 11.8 Å². The minimum absolute atomic E-state index is 0.00983. The number of nitrogens with one attached hydrogen (secondary N) is 1. The van der Waals surface area contributed by atoms with E-state index in [0.717, 1.165) is 16.8 Å². The molecule has 102 valence electrons. The molecule has 4 heteroatoms. The van der Waals surface area contributed by atoms with Crippen molar-refractivity contribution in [1.82, 2.24) is 0 Å². The largest absolute Gasteiger partial charge is 0.384 e. The van der Waals surface area contributed by atoms with Gasteiger partial charge in [0, 0.05) is 16.3 Å². The van der Waals surface area contributed by atoms with Crippen molar-refractivity contribution in [2.45, 2.75) is 18.9 Å². The van der Waals surface area contributed by atoms with E-state index in [9.17, 15) is 9.90 Å². The van der Waals surface area contributed by atoms with Gasteiger partial charge in [0.25, 0.3) is 0 Å². The Morgan fingerprint density at radius 2 is 2.00 bits per heavy atom. The molecular formula is C16H14ClNO2. The van der Waals surface area contributed by atoms with Crippen molar-refractivity contribution < 1.29 is 9.90 Å². The second kappa shape index (κ2) is 4.93. The third-order valence-corrected chi connectivity index (χ3v) is 4.05. The zero-order chi connectivity index (χ0) is 14.3. The lowest BCUT2D eigenvalue weighted by molar-refractivity contribution is -0.116. The van der Waals surface area contributed by atoms with Crippen LogP contribution in [0.4, 0.5) is 5.69 Å². The molecule has 1 aliphatic rings. The van der Waals surface area contributed by atoms with E-state index in [4.69, 9.17) is 11.6 Å². The number of fused-ring (bicyclic) bond motifs is 1. The van der Waals surface area contributed by atoms with Crippen LogP contribution in [-0.2, 0) is 4.79 Å². The topological polar surface area (TPSA) is 49.3 Å². The number of halogens is 1. The van der Waals surface area contributed by atoms with Crippen LogP contribution in [0.15, 0.2) is 42.5 Å². The molecule has 2 atom stereocenters. The minimum atomic E-state index is -0.795. The summed E-state index contributed by atoms with van der Waals surface area (Å²) < 4.78 is 0. The first-order valence-electron chi connectivity index (χ1n) is 6.45. The van der Waals surface area contributed by atoms with Crippen LogP contribution in [0.25, 0.3) is 0 Å². The zero-order valence-electron chi connectivity index (χ0n) is 10.9. The monoisotopic (exact) mass is 287 g/mol. The molecule has 0 spiro atoms. The molecule has 0 saturated carbocycles. The summed E-state index contributed by atoms with van der Waals surface area (Å²) in [5.41, 5.74) is 3.13. The Morgan fingerprint density at radius 3 is 2.75 bits per heavy atom. The van der Waals surface area contributed by atoms with Crippen molar-refractivity contribution in [3.63, 3.8) is 0 Å². The van der Waals surface area contributed by atoms with E-state index in [2.05, 4.69) is 5.32 Å². The highest BCUT2D eigenvalue weighted by Crippen LogP contribution is 2.36. The van der Waals surface area contributed by atoms with Gasteiger partial charge in [-0.1, -0.05) is 35.9 Å². The van der Waals surface area contributed by atoms with Crippen molar-refractivity contribution in [2.75, 3.05) is 5.32 Å². The van der Waals surface area contributed by atoms with Crippen molar-refractivity contribution in [3.05, 3.63) is 64.2 Å². The molecule has 0 radical (unpaired) electrons. The smallest absolute Gasteiger partial charge is 0.231 e. The van der Waals surface area contributed by atoms with Gasteiger partial charge in [-0.25, -0.2) is 0 Å². The second-order valence-corrected chi connectivity index (χ2v) is 5.39. The highest BCUT2D eigenvalue weighted by molar-refractivity contribution is 6.31. The molecule has 2 unspecified atom stereocenters. The number of hydrogen-bond donors (Lipinski definition) is 2. The summed E-state index contributed by atoms with van der Waals surface area (Å²) in [4.78, 5) is 11.6. The molecule has 0 fully saturated rings. The number of carbonyl (C=O) groups is 1. The van der Waals surface area contributed by atoms with Crippen LogP contribution in [-0.4, -0.2) is 11.0 Å². The fourth-order valence-electron chi connectivity index (χ4n) is 2.48. The molecule has 1 aliphatic heterocycles. The first-order valence-corrected chi connectivity index (χ1v) is 6.83. The highest BCUT2D eigenvalue weighted by Gasteiger charge is 2.27. The lowest BCUT2D eigenvalue weighted by Crippen LogP contribution is -2.08. The van der Waals surface area contributed by atoms with E-state index in [1.165, 1.54) is 0 Å². The van der Waals surface area contributed by atoms with Gasteiger partial charge in [-0.15, -0.1) is 0 Å². The predicted octanol–water partition coefficient (Wildman–Crippen LogP) is 3.48. The van der Waals surface area contributed by atoms with E-state index in [0.29, 0.717) is 10.6 Å². The molecule has 2 N–H and O–H groups in total. The van der Waals surface area contributed by atoms with Crippen molar-refractivity contribution >= 4 is 23.2 Å². The Bertz CT molecular complexity index is 684. The summed E-state index contributed by atoms with van der Waals surface area (Å²) in [7, 11) is 0. The highest BCUT2D eigenvalue weighted by atomic mass is 35.5. The minimum Gasteiger partial charge on any atom is -0.384 e. The van der Waals surface area contributed by atoms with Crippen LogP contribution in [0.1, 0.15) is 35.6 Å². The molecule has 0 saturated heterocycles. The van der Waals surface area contributed by atoms with Gasteiger partial charge in [0.1, 0.15) is 6.10 Å². The fraction of sp³-hybridized carbons (Fsp3) is 0.188. The Hall–Kier alpha value is -1.84. The average Bonchev–Trinajstić information content (AvgIpc) is 2.74. The molecule has 3 nitrogen and oxygen atoms in total. The van der Waals surface area contributed by atoms with Crippen molar-refractivity contribution in [2.24, 2.45) is 0 Å². The van der Waals surface area contributed by atoms with Gasteiger partial charge in [-0.05, 0) is 36.2 Å². The molecule has 3 rings (SSSR count). The number of aliphatic hydroxyl groups is 1. The van der Waals surface area contributed by atoms with Gasteiger partial charge >= 0.3 is 0 Å². The van der Waals surface area contributed by atoms with E-state index in [1.54, 1.807) is 12.1 Å². The quantitative estimate of drug-likeness (QED) is 0.888. The number of hydrogen-bond acceptors (Lipinski definition) is 2. The summed E-state index contributed by atoms with van der Waals surface area (Å²) in [5.74, 6) is -0.201. The van der Waals surface area contributed by atoms with Crippen LogP contribution >= 0.6 is 11.6 Å². The van der Waals surface area contributed by atoms with Gasteiger partial charge in [-0.2, -0.15) is 0 Å². The van der Waals surface area contributed by atoms with Gasteiger partial charge in [0.2, 0.25) is 5.91 Å². The number of aliphatic hydroxyl groups excluding tert-OH is 1. The van der Waals surface area contributed by atoms with E-state index >= 15 is 0 Å². The number of anilines is 1. The third-order valence-electron chi connectivity index (χ3n) is 3.71. The molecule has 0 aromatic heterocycles. The molecule has 2 aromatic rings. The summed E-state index contributed by atoms with van der Waals surface area (Å²) in [6, 6.07) is 12.7. The maximum absolute atomic E-state index is 11.6. The van der Waals surface area contributed by atoms with Crippen LogP contribution in [0, 0.1) is 0 Å². The number of rotatable bonds is 2. The molecule has 1 amide bonds. The molecule has 0 aliphatic carbocycles. The average molecular weight is 288 g/mol. The summed E-state index contributed by atoms with van der Waals surface area (Å²) in [6.07, 6.45) is -0.795. The first-order chi connectivity index (χ1) is 9.58. The molecule has 20 heavy (non-hydrogen) atoms. The van der Waals surface area contributed by atoms with Gasteiger partial charge in [0.15, 0.2) is 0 Å². The summed E-state index contributed by atoms with van der Waals surface area (Å²) in [5, 5.41) is 13.8. The Labute approximate surface area is 122 Å². The van der Waals surface area contributed by atoms with Crippen LogP contribution < -0.4 is 5.32 Å². The summed E-state index contributed by atoms with van der Waals surface area (Å²) in [6.45, 7) is 1.85. The van der Waals surface area contributed by atoms with Crippen LogP contribution in [0.5, 0.6) is 0 Å². The van der Waals surface area contributed by atoms with Crippen molar-refractivity contribution in [1.29, 1.82) is 0 Å². The third kappa shape index (κ3) is 2.09. The summed E-state index contributed by atoms with van der Waals surface area (Å²) >= 11 is 6.11. The maximum atomic E-state index is 11.6.